The molecule has 0 saturated carbocycles. The van der Waals surface area contributed by atoms with Gasteiger partial charge in [-0.15, -0.1) is 6.58 Å². The lowest BCUT2D eigenvalue weighted by atomic mass is 10.2. The molecule has 4 nitrogen and oxygen atoms in total. The number of nitrogens with zero attached hydrogens (tertiary/aromatic N) is 2. The van der Waals surface area contributed by atoms with Gasteiger partial charge >= 0.3 is 0 Å². The average Bonchev–Trinajstić information content (AvgIpc) is 2.50. The minimum atomic E-state index is -0.194. The van der Waals surface area contributed by atoms with Crippen molar-refractivity contribution in [1.29, 1.82) is 0 Å². The molecule has 5 heteroatoms. The van der Waals surface area contributed by atoms with E-state index in [1.807, 2.05) is 37.3 Å². The van der Waals surface area contributed by atoms with Gasteiger partial charge in [-0.1, -0.05) is 55.1 Å². The fourth-order valence-corrected chi connectivity index (χ4v) is 2.95. The van der Waals surface area contributed by atoms with Crippen LogP contribution >= 0.6 is 11.8 Å². The van der Waals surface area contributed by atoms with Crippen LogP contribution in [0.4, 0.5) is 0 Å². The van der Waals surface area contributed by atoms with Gasteiger partial charge in [0.25, 0.3) is 5.56 Å². The molecule has 1 N–H and O–H groups in total. The van der Waals surface area contributed by atoms with Crippen LogP contribution < -0.4 is 5.56 Å². The molecule has 0 aliphatic rings. The fourth-order valence-electron chi connectivity index (χ4n) is 2.00. The Kier molecular flexibility index (Phi) is 5.22. The predicted molar refractivity (Wildman–Crippen MR) is 85.7 cm³/mol. The van der Waals surface area contributed by atoms with Crippen LogP contribution in [-0.2, 0) is 18.7 Å². The second-order valence-corrected chi connectivity index (χ2v) is 5.47. The Morgan fingerprint density at radius 3 is 2.71 bits per heavy atom. The summed E-state index contributed by atoms with van der Waals surface area (Å²) in [7, 11) is 0. The van der Waals surface area contributed by atoms with Crippen molar-refractivity contribution >= 4 is 11.8 Å². The molecule has 0 atom stereocenters. The maximum Gasteiger partial charge on any atom is 0.261 e. The van der Waals surface area contributed by atoms with E-state index < -0.39 is 0 Å². The number of aromatic nitrogens is 2. The van der Waals surface area contributed by atoms with E-state index in [2.05, 4.69) is 11.6 Å². The molecule has 0 bridgehead atoms. The van der Waals surface area contributed by atoms with Crippen LogP contribution in [-0.4, -0.2) is 14.7 Å². The minimum Gasteiger partial charge on any atom is -0.493 e. The summed E-state index contributed by atoms with van der Waals surface area (Å²) in [5, 5.41) is 10.4. The van der Waals surface area contributed by atoms with E-state index in [4.69, 9.17) is 0 Å². The topological polar surface area (TPSA) is 55.1 Å². The van der Waals surface area contributed by atoms with E-state index >= 15 is 0 Å². The lowest BCUT2D eigenvalue weighted by Gasteiger charge is -2.12. The molecular weight excluding hydrogens is 284 g/mol. The molecule has 0 saturated heterocycles. The second kappa shape index (κ2) is 7.13. The average molecular weight is 302 g/mol. The zero-order valence-electron chi connectivity index (χ0n) is 12.0. The number of hydrogen-bond donors (Lipinski definition) is 1. The van der Waals surface area contributed by atoms with Gasteiger partial charge in [0.15, 0.2) is 5.16 Å². The van der Waals surface area contributed by atoms with Crippen molar-refractivity contribution < 1.29 is 5.11 Å². The highest BCUT2D eigenvalue weighted by atomic mass is 32.2. The van der Waals surface area contributed by atoms with Gasteiger partial charge in [0.2, 0.25) is 5.88 Å². The SMILES string of the molecule is C=CCn1c(SCc2ccccc2)nc(O)c(CC)c1=O. The molecule has 1 heterocycles. The van der Waals surface area contributed by atoms with Crippen LogP contribution in [0.5, 0.6) is 5.88 Å². The first-order valence-electron chi connectivity index (χ1n) is 6.77. The van der Waals surface area contributed by atoms with Gasteiger partial charge in [0.1, 0.15) is 0 Å². The smallest absolute Gasteiger partial charge is 0.261 e. The highest BCUT2D eigenvalue weighted by molar-refractivity contribution is 7.98. The first-order chi connectivity index (χ1) is 10.2. The quantitative estimate of drug-likeness (QED) is 0.506. The van der Waals surface area contributed by atoms with E-state index in [-0.39, 0.29) is 11.4 Å². The molecule has 1 aromatic carbocycles. The van der Waals surface area contributed by atoms with Gasteiger partial charge in [0, 0.05) is 12.3 Å². The molecule has 2 rings (SSSR count). The monoisotopic (exact) mass is 302 g/mol. The molecule has 0 aliphatic carbocycles. The summed E-state index contributed by atoms with van der Waals surface area (Å²) < 4.78 is 1.55. The van der Waals surface area contributed by atoms with Crippen LogP contribution in [0.3, 0.4) is 0 Å². The van der Waals surface area contributed by atoms with Gasteiger partial charge < -0.3 is 5.11 Å². The molecule has 1 aromatic heterocycles. The number of allylic oxidation sites excluding steroid dienone is 1. The summed E-state index contributed by atoms with van der Waals surface area (Å²) >= 11 is 1.43. The van der Waals surface area contributed by atoms with Crippen LogP contribution in [0.25, 0.3) is 0 Å². The Morgan fingerprint density at radius 1 is 1.38 bits per heavy atom. The Hall–Kier alpha value is -2.01. The third-order valence-electron chi connectivity index (χ3n) is 3.08. The predicted octanol–water partition coefficient (Wildman–Crippen LogP) is 2.99. The first-order valence-corrected chi connectivity index (χ1v) is 7.76. The van der Waals surface area contributed by atoms with Crippen molar-refractivity contribution in [2.24, 2.45) is 0 Å². The van der Waals surface area contributed by atoms with Gasteiger partial charge in [-0.3, -0.25) is 9.36 Å². The molecule has 0 unspecified atom stereocenters. The largest absolute Gasteiger partial charge is 0.493 e. The summed E-state index contributed by atoms with van der Waals surface area (Å²) in [4.78, 5) is 16.5. The second-order valence-electron chi connectivity index (χ2n) is 4.53. The Labute approximate surface area is 128 Å². The van der Waals surface area contributed by atoms with E-state index in [9.17, 15) is 9.90 Å². The highest BCUT2D eigenvalue weighted by Gasteiger charge is 2.14. The number of hydrogen-bond acceptors (Lipinski definition) is 4. The zero-order valence-corrected chi connectivity index (χ0v) is 12.8. The molecule has 110 valence electrons. The molecule has 0 amide bonds. The summed E-state index contributed by atoms with van der Waals surface area (Å²) in [5.74, 6) is 0.522. The number of thioether (sulfide) groups is 1. The van der Waals surface area contributed by atoms with Crippen molar-refractivity contribution in [3.8, 4) is 5.88 Å². The molecule has 0 radical (unpaired) electrons. The first kappa shape index (κ1) is 15.4. The third kappa shape index (κ3) is 3.55. The van der Waals surface area contributed by atoms with Gasteiger partial charge in [0.05, 0.1) is 5.56 Å². The van der Waals surface area contributed by atoms with E-state index in [1.54, 1.807) is 10.6 Å². The maximum absolute atomic E-state index is 12.3. The molecular formula is C16H18N2O2S. The maximum atomic E-state index is 12.3. The summed E-state index contributed by atoms with van der Waals surface area (Å²) in [5.41, 5.74) is 1.29. The molecule has 0 fully saturated rings. The summed E-state index contributed by atoms with van der Waals surface area (Å²) in [6, 6.07) is 9.93. The van der Waals surface area contributed by atoms with Crippen LogP contribution in [0.1, 0.15) is 18.1 Å². The van der Waals surface area contributed by atoms with Crippen LogP contribution in [0, 0.1) is 0 Å². The minimum absolute atomic E-state index is 0.168. The van der Waals surface area contributed by atoms with Crippen LogP contribution in [0.2, 0.25) is 0 Å². The summed E-state index contributed by atoms with van der Waals surface area (Å²) in [6.07, 6.45) is 2.12. The molecule has 0 spiro atoms. The number of aromatic hydroxyl groups is 1. The van der Waals surface area contributed by atoms with Gasteiger partial charge in [-0.25, -0.2) is 0 Å². The van der Waals surface area contributed by atoms with E-state index in [0.717, 1.165) is 5.56 Å². The van der Waals surface area contributed by atoms with Crippen molar-refractivity contribution in [1.82, 2.24) is 9.55 Å². The third-order valence-corrected chi connectivity index (χ3v) is 4.13. The Balaban J connectivity index is 2.33. The normalized spacial score (nSPS) is 10.5. The van der Waals surface area contributed by atoms with Crippen LogP contribution in [0.15, 0.2) is 52.9 Å². The molecule has 21 heavy (non-hydrogen) atoms. The number of rotatable bonds is 6. The van der Waals surface area contributed by atoms with Crippen molar-refractivity contribution in [3.63, 3.8) is 0 Å². The lowest BCUT2D eigenvalue weighted by Crippen LogP contribution is -2.25. The molecule has 2 aromatic rings. The Morgan fingerprint density at radius 2 is 2.10 bits per heavy atom. The van der Waals surface area contributed by atoms with Crippen molar-refractivity contribution in [2.45, 2.75) is 30.8 Å². The Bertz CT molecular complexity index is 681. The fraction of sp³-hybridized carbons (Fsp3) is 0.250. The van der Waals surface area contributed by atoms with Crippen molar-refractivity contribution in [3.05, 3.63) is 64.5 Å². The summed E-state index contributed by atoms with van der Waals surface area (Å²) in [6.45, 7) is 5.89. The molecule has 0 aliphatic heterocycles. The van der Waals surface area contributed by atoms with Gasteiger partial charge in [-0.2, -0.15) is 4.98 Å². The van der Waals surface area contributed by atoms with Gasteiger partial charge in [-0.05, 0) is 12.0 Å². The lowest BCUT2D eigenvalue weighted by molar-refractivity contribution is 0.427. The van der Waals surface area contributed by atoms with E-state index in [0.29, 0.717) is 29.4 Å². The standard InChI is InChI=1S/C16H18N2O2S/c1-3-10-18-15(20)13(4-2)14(19)17-16(18)21-11-12-8-6-5-7-9-12/h3,5-9,19H,1,4,10-11H2,2H3. The van der Waals surface area contributed by atoms with Crippen molar-refractivity contribution in [2.75, 3.05) is 0 Å². The zero-order chi connectivity index (χ0) is 15.2. The van der Waals surface area contributed by atoms with E-state index in [1.165, 1.54) is 11.8 Å². The highest BCUT2D eigenvalue weighted by Crippen LogP contribution is 2.23. The number of benzene rings is 1.